The second-order valence-electron chi connectivity index (χ2n) is 3.13. The predicted octanol–water partition coefficient (Wildman–Crippen LogP) is 0.690. The monoisotopic (exact) mass is 142 g/mol. The predicted molar refractivity (Wildman–Crippen MR) is 44.2 cm³/mol. The highest BCUT2D eigenvalue weighted by atomic mass is 15.2. The minimum atomic E-state index is 0.791. The van der Waals surface area contributed by atoms with Gasteiger partial charge in [-0.1, -0.05) is 13.3 Å². The van der Waals surface area contributed by atoms with Crippen LogP contribution in [0.1, 0.15) is 19.8 Å². The molecule has 0 aromatic rings. The number of likely N-dealkylation sites (N-methyl/N-ethyl adjacent to an activating group) is 1. The fourth-order valence-electron chi connectivity index (χ4n) is 1.52. The van der Waals surface area contributed by atoms with Crippen LogP contribution in [0, 0.1) is 0 Å². The SMILES string of the molecule is CCCC1CNCCN1C. The smallest absolute Gasteiger partial charge is 0.0218 e. The molecule has 1 rings (SSSR count). The normalized spacial score (nSPS) is 28.8. The van der Waals surface area contributed by atoms with Crippen LogP contribution >= 0.6 is 0 Å². The zero-order valence-electron chi connectivity index (χ0n) is 7.06. The Kier molecular flexibility index (Phi) is 3.16. The summed E-state index contributed by atoms with van der Waals surface area (Å²) < 4.78 is 0. The third kappa shape index (κ3) is 1.96. The maximum Gasteiger partial charge on any atom is 0.0218 e. The van der Waals surface area contributed by atoms with Gasteiger partial charge in [0, 0.05) is 25.7 Å². The number of nitrogens with one attached hydrogen (secondary N) is 1. The van der Waals surface area contributed by atoms with Crippen LogP contribution in [0.2, 0.25) is 0 Å². The molecule has 1 heterocycles. The van der Waals surface area contributed by atoms with Crippen molar-refractivity contribution in [3.8, 4) is 0 Å². The molecule has 1 aliphatic heterocycles. The summed E-state index contributed by atoms with van der Waals surface area (Å²) in [5, 5.41) is 3.41. The van der Waals surface area contributed by atoms with Crippen molar-refractivity contribution in [3.05, 3.63) is 0 Å². The summed E-state index contributed by atoms with van der Waals surface area (Å²) in [5.41, 5.74) is 0. The molecule has 10 heavy (non-hydrogen) atoms. The van der Waals surface area contributed by atoms with Gasteiger partial charge in [0.25, 0.3) is 0 Å². The first-order valence-corrected chi connectivity index (χ1v) is 4.25. The van der Waals surface area contributed by atoms with Gasteiger partial charge in [-0.05, 0) is 13.5 Å². The molecule has 1 unspecified atom stereocenters. The standard InChI is InChI=1S/C8H18N2/c1-3-4-8-7-9-5-6-10(8)2/h8-9H,3-7H2,1-2H3. The van der Waals surface area contributed by atoms with Crippen LogP contribution in [-0.4, -0.2) is 37.6 Å². The molecule has 1 saturated heterocycles. The molecule has 0 aliphatic carbocycles. The molecule has 1 N–H and O–H groups in total. The second kappa shape index (κ2) is 3.94. The van der Waals surface area contributed by atoms with Gasteiger partial charge in [0.05, 0.1) is 0 Å². The van der Waals surface area contributed by atoms with Crippen LogP contribution in [0.4, 0.5) is 0 Å². The fourth-order valence-corrected chi connectivity index (χ4v) is 1.52. The lowest BCUT2D eigenvalue weighted by atomic mass is 10.1. The maximum absolute atomic E-state index is 3.41. The van der Waals surface area contributed by atoms with Crippen LogP contribution in [0.5, 0.6) is 0 Å². The van der Waals surface area contributed by atoms with Crippen molar-refractivity contribution in [3.63, 3.8) is 0 Å². The summed E-state index contributed by atoms with van der Waals surface area (Å²) in [4.78, 5) is 2.46. The molecule has 2 nitrogen and oxygen atoms in total. The largest absolute Gasteiger partial charge is 0.314 e. The van der Waals surface area contributed by atoms with Crippen molar-refractivity contribution in [2.45, 2.75) is 25.8 Å². The molecule has 1 fully saturated rings. The van der Waals surface area contributed by atoms with Crippen molar-refractivity contribution in [2.24, 2.45) is 0 Å². The van der Waals surface area contributed by atoms with Crippen molar-refractivity contribution >= 4 is 0 Å². The lowest BCUT2D eigenvalue weighted by Crippen LogP contribution is -2.49. The van der Waals surface area contributed by atoms with Gasteiger partial charge in [0.2, 0.25) is 0 Å². The van der Waals surface area contributed by atoms with E-state index in [0.717, 1.165) is 12.6 Å². The number of nitrogens with zero attached hydrogens (tertiary/aromatic N) is 1. The first-order valence-electron chi connectivity index (χ1n) is 4.25. The van der Waals surface area contributed by atoms with E-state index in [0.29, 0.717) is 0 Å². The molecule has 0 saturated carbocycles. The molecule has 0 aromatic carbocycles. The Labute approximate surface area is 63.6 Å². The molecule has 60 valence electrons. The summed E-state index contributed by atoms with van der Waals surface area (Å²) in [5.74, 6) is 0. The third-order valence-corrected chi connectivity index (χ3v) is 2.27. The quantitative estimate of drug-likeness (QED) is 0.610. The molecule has 0 spiro atoms. The summed E-state index contributed by atoms with van der Waals surface area (Å²) in [7, 11) is 2.22. The Morgan fingerprint density at radius 1 is 1.60 bits per heavy atom. The molecule has 0 bridgehead atoms. The minimum Gasteiger partial charge on any atom is -0.314 e. The van der Waals surface area contributed by atoms with Gasteiger partial charge in [0.15, 0.2) is 0 Å². The van der Waals surface area contributed by atoms with E-state index in [-0.39, 0.29) is 0 Å². The third-order valence-electron chi connectivity index (χ3n) is 2.27. The molecule has 0 radical (unpaired) electrons. The Balaban J connectivity index is 2.25. The lowest BCUT2D eigenvalue weighted by molar-refractivity contribution is 0.189. The Morgan fingerprint density at radius 2 is 2.40 bits per heavy atom. The zero-order valence-corrected chi connectivity index (χ0v) is 7.06. The Bertz CT molecular complexity index is 91.3. The van der Waals surface area contributed by atoms with Gasteiger partial charge < -0.3 is 10.2 Å². The van der Waals surface area contributed by atoms with Crippen molar-refractivity contribution in [2.75, 3.05) is 26.7 Å². The van der Waals surface area contributed by atoms with Gasteiger partial charge >= 0.3 is 0 Å². The van der Waals surface area contributed by atoms with Crippen molar-refractivity contribution in [1.29, 1.82) is 0 Å². The van der Waals surface area contributed by atoms with Crippen LogP contribution in [0.3, 0.4) is 0 Å². The fraction of sp³-hybridized carbons (Fsp3) is 1.00. The summed E-state index contributed by atoms with van der Waals surface area (Å²) in [6.07, 6.45) is 2.64. The lowest BCUT2D eigenvalue weighted by Gasteiger charge is -2.32. The van der Waals surface area contributed by atoms with Gasteiger partial charge in [-0.25, -0.2) is 0 Å². The second-order valence-corrected chi connectivity index (χ2v) is 3.13. The van der Waals surface area contributed by atoms with Crippen molar-refractivity contribution in [1.82, 2.24) is 10.2 Å². The van der Waals surface area contributed by atoms with Gasteiger partial charge in [0.1, 0.15) is 0 Å². The molecule has 0 amide bonds. The highest BCUT2D eigenvalue weighted by Crippen LogP contribution is 2.05. The summed E-state index contributed by atoms with van der Waals surface area (Å²) >= 11 is 0. The van der Waals surface area contributed by atoms with E-state index in [2.05, 4.69) is 24.2 Å². The number of hydrogen-bond donors (Lipinski definition) is 1. The molecule has 2 heteroatoms. The van der Waals surface area contributed by atoms with E-state index in [1.807, 2.05) is 0 Å². The van der Waals surface area contributed by atoms with Gasteiger partial charge in [-0.2, -0.15) is 0 Å². The summed E-state index contributed by atoms with van der Waals surface area (Å²) in [6, 6.07) is 0.791. The topological polar surface area (TPSA) is 15.3 Å². The average Bonchev–Trinajstić information content (AvgIpc) is 1.94. The molecule has 1 atom stereocenters. The summed E-state index contributed by atoms with van der Waals surface area (Å²) in [6.45, 7) is 5.81. The molecule has 0 aromatic heterocycles. The molecule has 1 aliphatic rings. The molecular weight excluding hydrogens is 124 g/mol. The van der Waals surface area contributed by atoms with E-state index in [1.54, 1.807) is 0 Å². The van der Waals surface area contributed by atoms with Crippen LogP contribution in [0.25, 0.3) is 0 Å². The van der Waals surface area contributed by atoms with E-state index < -0.39 is 0 Å². The van der Waals surface area contributed by atoms with Gasteiger partial charge in [-0.15, -0.1) is 0 Å². The Morgan fingerprint density at radius 3 is 3.00 bits per heavy atom. The van der Waals surface area contributed by atoms with E-state index in [9.17, 15) is 0 Å². The number of piperazine rings is 1. The Hall–Kier alpha value is -0.0800. The zero-order chi connectivity index (χ0) is 7.40. The maximum atomic E-state index is 3.41. The number of rotatable bonds is 2. The van der Waals surface area contributed by atoms with Crippen molar-refractivity contribution < 1.29 is 0 Å². The van der Waals surface area contributed by atoms with Crippen LogP contribution in [-0.2, 0) is 0 Å². The highest BCUT2D eigenvalue weighted by molar-refractivity contribution is 4.76. The minimum absolute atomic E-state index is 0.791. The highest BCUT2D eigenvalue weighted by Gasteiger charge is 2.16. The number of hydrogen-bond acceptors (Lipinski definition) is 2. The van der Waals surface area contributed by atoms with Gasteiger partial charge in [-0.3, -0.25) is 0 Å². The first-order chi connectivity index (χ1) is 4.84. The van der Waals surface area contributed by atoms with Crippen LogP contribution < -0.4 is 5.32 Å². The first kappa shape index (κ1) is 8.02. The van der Waals surface area contributed by atoms with E-state index in [4.69, 9.17) is 0 Å². The molecular formula is C8H18N2. The van der Waals surface area contributed by atoms with Crippen LogP contribution in [0.15, 0.2) is 0 Å². The van der Waals surface area contributed by atoms with E-state index >= 15 is 0 Å². The van der Waals surface area contributed by atoms with E-state index in [1.165, 1.54) is 25.9 Å². The average molecular weight is 142 g/mol.